The molecule has 2 aliphatic heterocycles. The Morgan fingerprint density at radius 2 is 1.59 bits per heavy atom. The number of nitrogens with zero attached hydrogens (tertiary/aromatic N) is 2. The molecule has 0 aliphatic carbocycles. The molecule has 0 aromatic heterocycles. The first-order chi connectivity index (χ1) is 21.4. The zero-order valence-corrected chi connectivity index (χ0v) is 26.1. The number of likely N-dealkylation sites (tertiary alicyclic amines) is 1. The van der Waals surface area contributed by atoms with Crippen molar-refractivity contribution in [3.8, 4) is 0 Å². The molecule has 230 valence electrons. The van der Waals surface area contributed by atoms with E-state index >= 15 is 0 Å². The summed E-state index contributed by atoms with van der Waals surface area (Å²) in [6.07, 6.45) is 4.48. The number of amides is 1. The number of dihydropyridines is 1. The molecule has 2 heterocycles. The fraction of sp³-hybridized carbons (Fsp3) is 0.351. The summed E-state index contributed by atoms with van der Waals surface area (Å²) < 4.78 is 5.21. The highest BCUT2D eigenvalue weighted by atomic mass is 16.5. The summed E-state index contributed by atoms with van der Waals surface area (Å²) in [5.74, 6) is -0.860. The van der Waals surface area contributed by atoms with Gasteiger partial charge in [-0.3, -0.25) is 4.79 Å². The Morgan fingerprint density at radius 3 is 2.11 bits per heavy atom. The van der Waals surface area contributed by atoms with Crippen LogP contribution in [0.1, 0.15) is 62.1 Å². The molecule has 1 unspecified atom stereocenters. The number of nitrogens with two attached hydrogens (primary N) is 1. The van der Waals surface area contributed by atoms with Gasteiger partial charge in [0.05, 0.1) is 24.3 Å². The van der Waals surface area contributed by atoms with Crippen LogP contribution in [0.15, 0.2) is 108 Å². The predicted octanol–water partition coefficient (Wildman–Crippen LogP) is 5.95. The monoisotopic (exact) mass is 592 g/mol. The summed E-state index contributed by atoms with van der Waals surface area (Å²) in [6.45, 7) is 7.34. The van der Waals surface area contributed by atoms with Crippen LogP contribution in [-0.2, 0) is 19.7 Å². The third-order valence-corrected chi connectivity index (χ3v) is 9.31. The van der Waals surface area contributed by atoms with Gasteiger partial charge in [-0.15, -0.1) is 0 Å². The quantitative estimate of drug-likeness (QED) is 0.162. The van der Waals surface area contributed by atoms with Gasteiger partial charge < -0.3 is 25.6 Å². The van der Waals surface area contributed by atoms with E-state index in [1.165, 1.54) is 18.2 Å². The van der Waals surface area contributed by atoms with Crippen LogP contribution >= 0.6 is 0 Å². The minimum Gasteiger partial charge on any atom is -0.466 e. The van der Waals surface area contributed by atoms with Crippen molar-refractivity contribution >= 4 is 18.1 Å². The van der Waals surface area contributed by atoms with Gasteiger partial charge in [0, 0.05) is 29.0 Å². The third kappa shape index (κ3) is 6.29. The number of piperidine rings is 1. The Labute approximate surface area is 261 Å². The topological polar surface area (TPSA) is 87.9 Å². The number of ether oxygens (including phenoxy) is 1. The van der Waals surface area contributed by atoms with Gasteiger partial charge in [-0.1, -0.05) is 79.7 Å². The molecule has 3 N–H and O–H groups in total. The standard InChI is InChI=1S/C37H44N4O3/c1-4-32-35(34(28-16-18-31(38)19-17-28)33(27(2)39-32)36(43)44-3)41(26-42)23-11-22-40-24-20-37(21-25-40,29-12-7-5-8-13-29)30-14-9-6-10-15-30/h5-10,12-19,26,34,39H,4,11,20-25,38H2,1-3H3. The molecule has 5 rings (SSSR count). The molecule has 3 aromatic rings. The summed E-state index contributed by atoms with van der Waals surface area (Å²) in [5, 5.41) is 3.41. The van der Waals surface area contributed by atoms with Gasteiger partial charge in [0.15, 0.2) is 0 Å². The zero-order valence-electron chi connectivity index (χ0n) is 26.1. The van der Waals surface area contributed by atoms with Crippen molar-refractivity contribution in [2.24, 2.45) is 0 Å². The summed E-state index contributed by atoms with van der Waals surface area (Å²) >= 11 is 0. The second kappa shape index (κ2) is 14.0. The maximum Gasteiger partial charge on any atom is 0.336 e. The summed E-state index contributed by atoms with van der Waals surface area (Å²) in [6, 6.07) is 29.3. The number of anilines is 1. The van der Waals surface area contributed by atoms with E-state index < -0.39 is 11.9 Å². The molecular formula is C37H44N4O3. The number of nitrogens with one attached hydrogen (secondary N) is 1. The van der Waals surface area contributed by atoms with Crippen molar-refractivity contribution in [3.05, 3.63) is 124 Å². The molecule has 2 aliphatic rings. The van der Waals surface area contributed by atoms with Gasteiger partial charge in [-0.2, -0.15) is 0 Å². The van der Waals surface area contributed by atoms with E-state index in [0.717, 1.165) is 68.0 Å². The Balaban J connectivity index is 1.33. The van der Waals surface area contributed by atoms with E-state index in [0.29, 0.717) is 24.2 Å². The Kier molecular flexibility index (Phi) is 9.85. The first-order valence-corrected chi connectivity index (χ1v) is 15.6. The number of rotatable bonds is 11. The van der Waals surface area contributed by atoms with E-state index in [4.69, 9.17) is 10.5 Å². The Bertz CT molecular complexity index is 1450. The van der Waals surface area contributed by atoms with Gasteiger partial charge in [0.2, 0.25) is 6.41 Å². The van der Waals surface area contributed by atoms with Crippen molar-refractivity contribution in [1.29, 1.82) is 0 Å². The highest BCUT2D eigenvalue weighted by Gasteiger charge is 2.39. The van der Waals surface area contributed by atoms with Gasteiger partial charge in [0.25, 0.3) is 0 Å². The average molecular weight is 593 g/mol. The molecule has 1 amide bonds. The van der Waals surface area contributed by atoms with Crippen LogP contribution in [0.5, 0.6) is 0 Å². The highest BCUT2D eigenvalue weighted by Crippen LogP contribution is 2.43. The van der Waals surface area contributed by atoms with E-state index in [1.807, 2.05) is 31.2 Å². The number of carbonyl (C=O) groups excluding carboxylic acids is 2. The molecule has 44 heavy (non-hydrogen) atoms. The molecule has 7 nitrogen and oxygen atoms in total. The van der Waals surface area contributed by atoms with Crippen molar-refractivity contribution in [2.75, 3.05) is 39.0 Å². The number of hydrogen-bond acceptors (Lipinski definition) is 6. The molecule has 1 atom stereocenters. The van der Waals surface area contributed by atoms with E-state index in [1.54, 1.807) is 4.90 Å². The largest absolute Gasteiger partial charge is 0.466 e. The maximum atomic E-state index is 13.1. The molecule has 1 fully saturated rings. The van der Waals surface area contributed by atoms with E-state index in [2.05, 4.69) is 77.8 Å². The molecular weight excluding hydrogens is 548 g/mol. The van der Waals surface area contributed by atoms with Gasteiger partial charge in [0.1, 0.15) is 0 Å². The SMILES string of the molecule is CCC1=C(N(C=O)CCCN2CCC(c3ccccc3)(c3ccccc3)CC2)C(c2ccc(N)cc2)C(C(=O)OC)=C(C)N1. The van der Waals surface area contributed by atoms with Crippen molar-refractivity contribution < 1.29 is 14.3 Å². The lowest BCUT2D eigenvalue weighted by Crippen LogP contribution is -2.44. The number of nitrogen functional groups attached to an aromatic ring is 1. The van der Waals surface area contributed by atoms with Crippen LogP contribution in [0.3, 0.4) is 0 Å². The summed E-state index contributed by atoms with van der Waals surface area (Å²) in [5.41, 5.74) is 13.2. The number of carbonyl (C=O) groups is 2. The highest BCUT2D eigenvalue weighted by molar-refractivity contribution is 5.92. The average Bonchev–Trinajstić information content (AvgIpc) is 3.07. The molecule has 0 radical (unpaired) electrons. The molecule has 0 saturated carbocycles. The van der Waals surface area contributed by atoms with Gasteiger partial charge in [-0.25, -0.2) is 4.79 Å². The Morgan fingerprint density at radius 1 is 1.00 bits per heavy atom. The lowest BCUT2D eigenvalue weighted by atomic mass is 9.68. The van der Waals surface area contributed by atoms with Crippen LogP contribution in [-0.4, -0.2) is 55.5 Å². The number of esters is 1. The van der Waals surface area contributed by atoms with Gasteiger partial charge >= 0.3 is 5.97 Å². The van der Waals surface area contributed by atoms with E-state index in [9.17, 15) is 9.59 Å². The van der Waals surface area contributed by atoms with Crippen LogP contribution in [0.2, 0.25) is 0 Å². The van der Waals surface area contributed by atoms with E-state index in [-0.39, 0.29) is 5.41 Å². The molecule has 7 heteroatoms. The second-order valence-corrected chi connectivity index (χ2v) is 11.8. The molecule has 0 spiro atoms. The van der Waals surface area contributed by atoms with Crippen LogP contribution in [0, 0.1) is 0 Å². The fourth-order valence-corrected chi connectivity index (χ4v) is 7.00. The first kappa shape index (κ1) is 31.1. The minimum atomic E-state index is -0.447. The minimum absolute atomic E-state index is 0.00321. The third-order valence-electron chi connectivity index (χ3n) is 9.31. The van der Waals surface area contributed by atoms with Crippen molar-refractivity contribution in [3.63, 3.8) is 0 Å². The number of benzene rings is 3. The lowest BCUT2D eigenvalue weighted by Gasteiger charge is -2.43. The maximum absolute atomic E-state index is 13.1. The molecule has 0 bridgehead atoms. The number of hydrogen-bond donors (Lipinski definition) is 2. The fourth-order valence-electron chi connectivity index (χ4n) is 7.00. The number of allylic oxidation sites excluding steroid dienone is 3. The smallest absolute Gasteiger partial charge is 0.336 e. The molecule has 3 aromatic carbocycles. The molecule has 1 saturated heterocycles. The second-order valence-electron chi connectivity index (χ2n) is 11.8. The predicted molar refractivity (Wildman–Crippen MR) is 175 cm³/mol. The van der Waals surface area contributed by atoms with Crippen LogP contribution in [0.25, 0.3) is 0 Å². The van der Waals surface area contributed by atoms with Gasteiger partial charge in [-0.05, 0) is 81.1 Å². The van der Waals surface area contributed by atoms with Crippen LogP contribution in [0.4, 0.5) is 5.69 Å². The summed E-state index contributed by atoms with van der Waals surface area (Å²) in [4.78, 5) is 30.1. The lowest BCUT2D eigenvalue weighted by molar-refractivity contribution is -0.136. The van der Waals surface area contributed by atoms with Crippen molar-refractivity contribution in [2.45, 2.75) is 50.9 Å². The zero-order chi connectivity index (χ0) is 31.1. The van der Waals surface area contributed by atoms with Crippen LogP contribution < -0.4 is 11.1 Å². The normalized spacial score (nSPS) is 18.5. The first-order valence-electron chi connectivity index (χ1n) is 15.6. The van der Waals surface area contributed by atoms with Crippen molar-refractivity contribution in [1.82, 2.24) is 15.1 Å². The Hall–Kier alpha value is -4.36. The number of methoxy groups -OCH3 is 1. The summed E-state index contributed by atoms with van der Waals surface area (Å²) in [7, 11) is 1.39.